The first-order valence-corrected chi connectivity index (χ1v) is 11.1. The quantitative estimate of drug-likeness (QED) is 0.736. The largest absolute Gasteiger partial charge is 0.309 e. The van der Waals surface area contributed by atoms with E-state index in [-0.39, 0.29) is 22.9 Å². The SMILES string of the molecule is CCC1CCCCN1S(=O)(=O)c1cc2c(cc1Br)CC(C)N2C(C)=O. The van der Waals surface area contributed by atoms with Crippen molar-refractivity contribution in [1.29, 1.82) is 0 Å². The predicted molar refractivity (Wildman–Crippen MR) is 102 cm³/mol. The monoisotopic (exact) mass is 428 g/mol. The summed E-state index contributed by atoms with van der Waals surface area (Å²) in [4.78, 5) is 14.0. The van der Waals surface area contributed by atoms with Crippen LogP contribution in [0.3, 0.4) is 0 Å². The minimum absolute atomic E-state index is 0.0516. The van der Waals surface area contributed by atoms with Gasteiger partial charge in [0.1, 0.15) is 0 Å². The number of sulfonamides is 1. The van der Waals surface area contributed by atoms with Gasteiger partial charge in [-0.15, -0.1) is 0 Å². The molecule has 0 bridgehead atoms. The molecule has 1 aromatic carbocycles. The van der Waals surface area contributed by atoms with Gasteiger partial charge in [0.15, 0.2) is 0 Å². The van der Waals surface area contributed by atoms with Gasteiger partial charge in [0.2, 0.25) is 15.9 Å². The number of fused-ring (bicyclic) bond motifs is 1. The average molecular weight is 429 g/mol. The summed E-state index contributed by atoms with van der Waals surface area (Å²) in [5, 5.41) is 0. The van der Waals surface area contributed by atoms with Gasteiger partial charge in [0.25, 0.3) is 0 Å². The van der Waals surface area contributed by atoms with Crippen LogP contribution in [0.15, 0.2) is 21.5 Å². The van der Waals surface area contributed by atoms with Crippen molar-refractivity contribution in [1.82, 2.24) is 4.31 Å². The van der Waals surface area contributed by atoms with Gasteiger partial charge < -0.3 is 4.90 Å². The highest BCUT2D eigenvalue weighted by atomic mass is 79.9. The minimum atomic E-state index is -3.59. The third-order valence-electron chi connectivity index (χ3n) is 5.32. The third-order valence-corrected chi connectivity index (χ3v) is 8.23. The maximum atomic E-state index is 13.3. The standard InChI is InChI=1S/C18H25BrN2O3S/c1-4-15-7-5-6-8-20(15)25(23,24)18-11-17-14(10-16(18)19)9-12(2)21(17)13(3)22/h10-12,15H,4-9H2,1-3H3. The Morgan fingerprint density at radius 3 is 2.68 bits per heavy atom. The molecule has 2 atom stereocenters. The van der Waals surface area contributed by atoms with Crippen LogP contribution in [0.1, 0.15) is 52.0 Å². The van der Waals surface area contributed by atoms with Crippen LogP contribution in [0.5, 0.6) is 0 Å². The van der Waals surface area contributed by atoms with Crippen LogP contribution in [-0.4, -0.2) is 37.3 Å². The molecule has 2 heterocycles. The van der Waals surface area contributed by atoms with E-state index in [1.54, 1.807) is 15.3 Å². The van der Waals surface area contributed by atoms with Crippen LogP contribution < -0.4 is 4.90 Å². The van der Waals surface area contributed by atoms with Crippen molar-refractivity contribution in [3.8, 4) is 0 Å². The van der Waals surface area contributed by atoms with Crippen molar-refractivity contribution in [3.05, 3.63) is 22.2 Å². The lowest BCUT2D eigenvalue weighted by molar-refractivity contribution is -0.116. The second-order valence-corrected chi connectivity index (χ2v) is 9.74. The summed E-state index contributed by atoms with van der Waals surface area (Å²) in [6.45, 7) is 6.12. The van der Waals surface area contributed by atoms with Crippen molar-refractivity contribution in [2.45, 2.75) is 69.9 Å². The molecule has 25 heavy (non-hydrogen) atoms. The van der Waals surface area contributed by atoms with E-state index < -0.39 is 10.0 Å². The Kier molecular flexibility index (Phi) is 5.28. The van der Waals surface area contributed by atoms with Gasteiger partial charge in [-0.1, -0.05) is 13.3 Å². The highest BCUT2D eigenvalue weighted by Crippen LogP contribution is 2.39. The molecule has 1 fully saturated rings. The van der Waals surface area contributed by atoms with Gasteiger partial charge in [-0.25, -0.2) is 8.42 Å². The number of amides is 1. The summed E-state index contributed by atoms with van der Waals surface area (Å²) in [6, 6.07) is 3.66. The van der Waals surface area contributed by atoms with Crippen molar-refractivity contribution < 1.29 is 13.2 Å². The van der Waals surface area contributed by atoms with Gasteiger partial charge in [-0.2, -0.15) is 4.31 Å². The summed E-state index contributed by atoms with van der Waals surface area (Å²) in [6.07, 6.45) is 4.45. The number of hydrogen-bond donors (Lipinski definition) is 0. The summed E-state index contributed by atoms with van der Waals surface area (Å²) < 4.78 is 28.9. The number of anilines is 1. The van der Waals surface area contributed by atoms with Crippen LogP contribution in [0.25, 0.3) is 0 Å². The number of benzene rings is 1. The smallest absolute Gasteiger partial charge is 0.244 e. The molecule has 0 aromatic heterocycles. The topological polar surface area (TPSA) is 57.7 Å². The molecule has 1 aromatic rings. The van der Waals surface area contributed by atoms with Gasteiger partial charge in [0, 0.05) is 35.7 Å². The number of carbonyl (C=O) groups excluding carboxylic acids is 1. The highest BCUT2D eigenvalue weighted by molar-refractivity contribution is 9.10. The van der Waals surface area contributed by atoms with Crippen LogP contribution in [0.4, 0.5) is 5.69 Å². The molecular weight excluding hydrogens is 404 g/mol. The molecule has 0 spiro atoms. The molecule has 1 amide bonds. The zero-order valence-corrected chi connectivity index (χ0v) is 17.4. The second kappa shape index (κ2) is 7.00. The van der Waals surface area contributed by atoms with E-state index in [0.717, 1.165) is 43.4 Å². The molecular formula is C18H25BrN2O3S. The highest BCUT2D eigenvalue weighted by Gasteiger charge is 2.36. The molecule has 0 radical (unpaired) electrons. The fourth-order valence-electron chi connectivity index (χ4n) is 4.12. The molecule has 2 unspecified atom stereocenters. The van der Waals surface area contributed by atoms with Gasteiger partial charge in [-0.3, -0.25) is 4.79 Å². The van der Waals surface area contributed by atoms with E-state index >= 15 is 0 Å². The fourth-order valence-corrected chi connectivity index (χ4v) is 6.96. The van der Waals surface area contributed by atoms with Gasteiger partial charge >= 0.3 is 0 Å². The van der Waals surface area contributed by atoms with E-state index in [9.17, 15) is 13.2 Å². The molecule has 1 saturated heterocycles. The zero-order valence-electron chi connectivity index (χ0n) is 15.0. The minimum Gasteiger partial charge on any atom is -0.309 e. The fraction of sp³-hybridized carbons (Fsp3) is 0.611. The van der Waals surface area contributed by atoms with E-state index in [1.807, 2.05) is 19.9 Å². The summed E-state index contributed by atoms with van der Waals surface area (Å²) >= 11 is 3.46. The van der Waals surface area contributed by atoms with Crippen molar-refractivity contribution in [3.63, 3.8) is 0 Å². The normalized spacial score (nSPS) is 24.4. The van der Waals surface area contributed by atoms with Gasteiger partial charge in [0.05, 0.1) is 4.90 Å². The summed E-state index contributed by atoms with van der Waals surface area (Å²) in [7, 11) is -3.59. The lowest BCUT2D eigenvalue weighted by Crippen LogP contribution is -2.43. The predicted octanol–water partition coefficient (Wildman–Crippen LogP) is 3.70. The van der Waals surface area contributed by atoms with E-state index in [0.29, 0.717) is 11.0 Å². The Morgan fingerprint density at radius 1 is 1.32 bits per heavy atom. The van der Waals surface area contributed by atoms with Crippen LogP contribution in [0.2, 0.25) is 0 Å². The van der Waals surface area contributed by atoms with Crippen molar-refractivity contribution >= 4 is 37.5 Å². The summed E-state index contributed by atoms with van der Waals surface area (Å²) in [5.74, 6) is -0.0543. The lowest BCUT2D eigenvalue weighted by Gasteiger charge is -2.34. The van der Waals surface area contributed by atoms with E-state index in [4.69, 9.17) is 0 Å². The number of hydrogen-bond acceptors (Lipinski definition) is 3. The van der Waals surface area contributed by atoms with Crippen LogP contribution >= 0.6 is 15.9 Å². The molecule has 0 N–H and O–H groups in total. The Bertz CT molecular complexity index is 794. The van der Waals surface area contributed by atoms with Crippen molar-refractivity contribution in [2.24, 2.45) is 0 Å². The third kappa shape index (κ3) is 3.26. The Labute approximate surface area is 158 Å². The summed E-state index contributed by atoms with van der Waals surface area (Å²) in [5.41, 5.74) is 1.74. The maximum Gasteiger partial charge on any atom is 0.244 e. The Hall–Kier alpha value is -0.920. The zero-order chi connectivity index (χ0) is 18.4. The number of halogens is 1. The number of carbonyl (C=O) groups is 1. The molecule has 7 heteroatoms. The number of nitrogens with zero attached hydrogens (tertiary/aromatic N) is 2. The molecule has 0 saturated carbocycles. The molecule has 2 aliphatic heterocycles. The number of rotatable bonds is 3. The molecule has 138 valence electrons. The van der Waals surface area contributed by atoms with E-state index in [2.05, 4.69) is 15.9 Å². The van der Waals surface area contributed by atoms with E-state index in [1.165, 1.54) is 6.92 Å². The first kappa shape index (κ1) is 18.9. The first-order valence-electron chi connectivity index (χ1n) is 8.91. The molecule has 2 aliphatic rings. The maximum absolute atomic E-state index is 13.3. The first-order chi connectivity index (χ1) is 11.8. The second-order valence-electron chi connectivity index (χ2n) is 7.03. The molecule has 3 rings (SSSR count). The van der Waals surface area contributed by atoms with Crippen LogP contribution in [-0.2, 0) is 21.2 Å². The van der Waals surface area contributed by atoms with Crippen LogP contribution in [0, 0.1) is 0 Å². The Balaban J connectivity index is 2.07. The molecule has 0 aliphatic carbocycles. The van der Waals surface area contributed by atoms with Gasteiger partial charge in [-0.05, 0) is 66.2 Å². The average Bonchev–Trinajstić information content (AvgIpc) is 2.88. The molecule has 5 nitrogen and oxygen atoms in total. The number of piperidine rings is 1. The Morgan fingerprint density at radius 2 is 2.04 bits per heavy atom. The lowest BCUT2D eigenvalue weighted by atomic mass is 10.0. The van der Waals surface area contributed by atoms with Crippen molar-refractivity contribution in [2.75, 3.05) is 11.4 Å².